The number of hydrogen-bond donors (Lipinski definition) is 2. The molecule has 0 saturated carbocycles. The fourth-order valence-electron chi connectivity index (χ4n) is 3.23. The summed E-state index contributed by atoms with van der Waals surface area (Å²) in [7, 11) is 0. The summed E-state index contributed by atoms with van der Waals surface area (Å²) in [6.45, 7) is 0. The van der Waals surface area contributed by atoms with E-state index >= 15 is 0 Å². The number of carbonyl (C=O) groups is 4. The predicted octanol–water partition coefficient (Wildman–Crippen LogP) is 5.52. The summed E-state index contributed by atoms with van der Waals surface area (Å²) in [5.41, 5.74) is 3.08. The number of ether oxygens (including phenoxy) is 2. The fraction of sp³-hybridized carbons (Fsp3) is 0. The van der Waals surface area contributed by atoms with Gasteiger partial charge in [0.05, 0.1) is 28.1 Å². The monoisotopic (exact) mass is 575 g/mol. The molecule has 2 amide bonds. The van der Waals surface area contributed by atoms with Crippen LogP contribution in [0, 0.1) is 0 Å². The first-order valence-corrected chi connectivity index (χ1v) is 12.3. The van der Waals surface area contributed by atoms with Crippen LogP contribution in [0.1, 0.15) is 26.3 Å². The van der Waals surface area contributed by atoms with E-state index in [0.717, 1.165) is 6.21 Å². The molecule has 0 spiro atoms. The maximum absolute atomic E-state index is 12.7. The number of esters is 2. The number of nitrogens with one attached hydrogen (secondary N) is 2. The molecule has 9 nitrogen and oxygen atoms in total. The van der Waals surface area contributed by atoms with Gasteiger partial charge in [-0.05, 0) is 54.6 Å². The number of rotatable bonds is 7. The smallest absolute Gasteiger partial charge is 0.343 e. The summed E-state index contributed by atoms with van der Waals surface area (Å²) >= 11 is 11.9. The maximum atomic E-state index is 12.7. The van der Waals surface area contributed by atoms with Crippen LogP contribution in [-0.4, -0.2) is 30.0 Å². The minimum Gasteiger partial charge on any atom is -0.423 e. The highest BCUT2D eigenvalue weighted by Gasteiger charge is 2.17. The molecule has 11 heteroatoms. The number of hydrogen-bond acceptors (Lipinski definition) is 7. The Labute approximate surface area is 238 Å². The third-order valence-electron chi connectivity index (χ3n) is 5.17. The van der Waals surface area contributed by atoms with Gasteiger partial charge < -0.3 is 14.8 Å². The van der Waals surface area contributed by atoms with Gasteiger partial charge in [0.2, 0.25) is 0 Å². The lowest BCUT2D eigenvalue weighted by molar-refractivity contribution is -0.136. The van der Waals surface area contributed by atoms with Gasteiger partial charge in [-0.1, -0.05) is 59.6 Å². The second-order valence-electron chi connectivity index (χ2n) is 7.99. The lowest BCUT2D eigenvalue weighted by Crippen LogP contribution is -2.32. The fourth-order valence-corrected chi connectivity index (χ4v) is 3.57. The summed E-state index contributed by atoms with van der Waals surface area (Å²) < 4.78 is 10.9. The van der Waals surface area contributed by atoms with Crippen LogP contribution in [0.25, 0.3) is 0 Å². The van der Waals surface area contributed by atoms with Crippen LogP contribution in [0.15, 0.2) is 102 Å². The van der Waals surface area contributed by atoms with E-state index in [-0.39, 0.29) is 33.3 Å². The van der Waals surface area contributed by atoms with E-state index in [2.05, 4.69) is 15.8 Å². The van der Waals surface area contributed by atoms with E-state index in [9.17, 15) is 19.2 Å². The molecule has 40 heavy (non-hydrogen) atoms. The Morgan fingerprint density at radius 3 is 1.98 bits per heavy atom. The Bertz CT molecular complexity index is 1590. The molecule has 4 aromatic carbocycles. The van der Waals surface area contributed by atoms with Gasteiger partial charge in [0, 0.05) is 16.7 Å². The van der Waals surface area contributed by atoms with E-state index in [1.165, 1.54) is 36.4 Å². The van der Waals surface area contributed by atoms with Gasteiger partial charge in [-0.2, -0.15) is 5.10 Å². The molecule has 0 radical (unpaired) electrons. The average Bonchev–Trinajstić information content (AvgIpc) is 2.96. The van der Waals surface area contributed by atoms with Crippen molar-refractivity contribution in [2.75, 3.05) is 5.32 Å². The summed E-state index contributed by atoms with van der Waals surface area (Å²) in [6.07, 6.45) is 1.16. The van der Waals surface area contributed by atoms with Gasteiger partial charge in [-0.15, -0.1) is 0 Å². The molecule has 0 atom stereocenters. The minimum absolute atomic E-state index is 0.0135. The molecule has 4 rings (SSSR count). The number of amides is 2. The molecule has 0 heterocycles. The van der Waals surface area contributed by atoms with Gasteiger partial charge in [-0.25, -0.2) is 15.0 Å². The van der Waals surface area contributed by atoms with Crippen molar-refractivity contribution in [2.45, 2.75) is 0 Å². The molecule has 0 unspecified atom stereocenters. The first-order chi connectivity index (χ1) is 19.3. The summed E-state index contributed by atoms with van der Waals surface area (Å²) in [5.74, 6) is -3.34. The van der Waals surface area contributed by atoms with Crippen LogP contribution in [-0.2, 0) is 9.59 Å². The lowest BCUT2D eigenvalue weighted by Gasteiger charge is -2.11. The van der Waals surface area contributed by atoms with Crippen LogP contribution in [0.2, 0.25) is 10.0 Å². The molecule has 0 fully saturated rings. The summed E-state index contributed by atoms with van der Waals surface area (Å²) in [4.78, 5) is 49.6. The van der Waals surface area contributed by atoms with Crippen molar-refractivity contribution in [1.29, 1.82) is 0 Å². The zero-order valence-electron chi connectivity index (χ0n) is 20.5. The van der Waals surface area contributed by atoms with Gasteiger partial charge in [0.1, 0.15) is 11.5 Å². The molecule has 0 saturated heterocycles. The predicted molar refractivity (Wildman–Crippen MR) is 150 cm³/mol. The van der Waals surface area contributed by atoms with Crippen molar-refractivity contribution >= 4 is 58.9 Å². The van der Waals surface area contributed by atoms with Crippen molar-refractivity contribution in [3.05, 3.63) is 124 Å². The number of halogens is 2. The number of nitrogens with zero attached hydrogens (tertiary/aromatic N) is 1. The zero-order chi connectivity index (χ0) is 28.5. The average molecular weight is 576 g/mol. The molecule has 0 bridgehead atoms. The van der Waals surface area contributed by atoms with Gasteiger partial charge in [0.25, 0.3) is 0 Å². The van der Waals surface area contributed by atoms with Crippen LogP contribution in [0.5, 0.6) is 11.5 Å². The second-order valence-corrected chi connectivity index (χ2v) is 8.83. The summed E-state index contributed by atoms with van der Waals surface area (Å²) in [5, 5.41) is 6.62. The molecule has 4 aromatic rings. The molecule has 0 aliphatic carbocycles. The van der Waals surface area contributed by atoms with Crippen molar-refractivity contribution in [3.8, 4) is 11.5 Å². The van der Waals surface area contributed by atoms with Crippen LogP contribution < -0.4 is 20.2 Å². The first kappa shape index (κ1) is 28.0. The number of hydrazone groups is 1. The highest BCUT2D eigenvalue weighted by Crippen LogP contribution is 2.26. The molecule has 0 aromatic heterocycles. The minimum atomic E-state index is -1.09. The van der Waals surface area contributed by atoms with Gasteiger partial charge in [0.15, 0.2) is 0 Å². The molecule has 2 N–H and O–H groups in total. The highest BCUT2D eigenvalue weighted by molar-refractivity contribution is 6.42. The third-order valence-corrected chi connectivity index (χ3v) is 5.73. The highest BCUT2D eigenvalue weighted by atomic mass is 35.5. The number of carbonyl (C=O) groups excluding carboxylic acids is 4. The Kier molecular flexibility index (Phi) is 9.24. The van der Waals surface area contributed by atoms with E-state index in [4.69, 9.17) is 32.7 Å². The van der Waals surface area contributed by atoms with E-state index in [0.29, 0.717) is 10.6 Å². The standard InChI is InChI=1S/C29H19Cl2N3O6/c30-21-12-14-23(31)24(15-21)33-26(35)27(36)34-32-17-20-11-13-22(39-28(37)18-7-3-1-4-8-18)16-25(20)40-29(38)19-9-5-2-6-10-19/h1-17H,(H,33,35)(H,34,36)/b32-17-. The zero-order valence-corrected chi connectivity index (χ0v) is 22.0. The Morgan fingerprint density at radius 2 is 1.32 bits per heavy atom. The van der Waals surface area contributed by atoms with Crippen molar-refractivity contribution in [2.24, 2.45) is 5.10 Å². The second kappa shape index (κ2) is 13.2. The summed E-state index contributed by atoms with van der Waals surface area (Å²) in [6, 6.07) is 25.2. The topological polar surface area (TPSA) is 123 Å². The van der Waals surface area contributed by atoms with Crippen LogP contribution in [0.4, 0.5) is 5.69 Å². The number of benzene rings is 4. The van der Waals surface area contributed by atoms with Crippen molar-refractivity contribution in [3.63, 3.8) is 0 Å². The van der Waals surface area contributed by atoms with Crippen molar-refractivity contribution < 1.29 is 28.7 Å². The van der Waals surface area contributed by atoms with E-state index < -0.39 is 23.8 Å². The van der Waals surface area contributed by atoms with Gasteiger partial charge >= 0.3 is 23.8 Å². The SMILES string of the molecule is O=C(N/N=C\c1ccc(OC(=O)c2ccccc2)cc1OC(=O)c1ccccc1)C(=O)Nc1cc(Cl)ccc1Cl. The Balaban J connectivity index is 1.50. The van der Waals surface area contributed by atoms with E-state index in [1.54, 1.807) is 60.7 Å². The van der Waals surface area contributed by atoms with Crippen molar-refractivity contribution in [1.82, 2.24) is 5.43 Å². The van der Waals surface area contributed by atoms with Crippen LogP contribution in [0.3, 0.4) is 0 Å². The molecule has 200 valence electrons. The molecule has 0 aliphatic heterocycles. The Morgan fingerprint density at radius 1 is 0.700 bits per heavy atom. The third kappa shape index (κ3) is 7.53. The molecular weight excluding hydrogens is 557 g/mol. The molecule has 0 aliphatic rings. The van der Waals surface area contributed by atoms with Crippen LogP contribution >= 0.6 is 23.2 Å². The molecular formula is C29H19Cl2N3O6. The Hall–Kier alpha value is -4.99. The lowest BCUT2D eigenvalue weighted by atomic mass is 10.2. The first-order valence-electron chi connectivity index (χ1n) is 11.6. The normalized spacial score (nSPS) is 10.6. The van der Waals surface area contributed by atoms with Gasteiger partial charge in [-0.3, -0.25) is 9.59 Å². The van der Waals surface area contributed by atoms with E-state index in [1.807, 2.05) is 0 Å². The largest absolute Gasteiger partial charge is 0.423 e. The number of anilines is 1. The maximum Gasteiger partial charge on any atom is 0.343 e. The quantitative estimate of drug-likeness (QED) is 0.0982.